The van der Waals surface area contributed by atoms with Crippen molar-refractivity contribution in [2.75, 3.05) is 0 Å². The Morgan fingerprint density at radius 2 is 2.33 bits per heavy atom. The number of aromatic amines is 1. The predicted molar refractivity (Wildman–Crippen MR) is 43.9 cm³/mol. The summed E-state index contributed by atoms with van der Waals surface area (Å²) < 4.78 is 0. The van der Waals surface area contributed by atoms with Gasteiger partial charge in [0.25, 0.3) is 0 Å². The summed E-state index contributed by atoms with van der Waals surface area (Å²) in [5.74, 6) is -0.0295. The lowest BCUT2D eigenvalue weighted by atomic mass is 10.2. The van der Waals surface area contributed by atoms with Gasteiger partial charge in [-0.1, -0.05) is 0 Å². The SMILES string of the molecule is CC(=O)c1ccc2[nH]ncc2n1. The Balaban J connectivity index is 2.68. The first kappa shape index (κ1) is 6.97. The lowest BCUT2D eigenvalue weighted by molar-refractivity contribution is 0.101. The highest BCUT2D eigenvalue weighted by Gasteiger charge is 2.02. The van der Waals surface area contributed by atoms with E-state index in [4.69, 9.17) is 0 Å². The Morgan fingerprint density at radius 1 is 1.50 bits per heavy atom. The molecule has 0 atom stereocenters. The van der Waals surface area contributed by atoms with Gasteiger partial charge in [-0.05, 0) is 12.1 Å². The zero-order valence-corrected chi connectivity index (χ0v) is 6.53. The molecule has 1 N–H and O–H groups in total. The molecule has 2 rings (SSSR count). The van der Waals surface area contributed by atoms with Crippen LogP contribution in [0.5, 0.6) is 0 Å². The third-order valence-electron chi connectivity index (χ3n) is 1.66. The minimum Gasteiger partial charge on any atom is -0.293 e. The first-order valence-corrected chi connectivity index (χ1v) is 3.58. The van der Waals surface area contributed by atoms with Gasteiger partial charge in [-0.15, -0.1) is 0 Å². The molecule has 0 fully saturated rings. The number of fused-ring (bicyclic) bond motifs is 1. The van der Waals surface area contributed by atoms with Crippen molar-refractivity contribution in [2.45, 2.75) is 6.92 Å². The summed E-state index contributed by atoms with van der Waals surface area (Å²) in [4.78, 5) is 15.0. The Hall–Kier alpha value is -1.71. The highest BCUT2D eigenvalue weighted by atomic mass is 16.1. The number of H-pyrrole nitrogens is 1. The van der Waals surface area contributed by atoms with Gasteiger partial charge in [0, 0.05) is 6.92 Å². The normalized spacial score (nSPS) is 10.4. The Labute approximate surface area is 68.6 Å². The average molecular weight is 161 g/mol. The topological polar surface area (TPSA) is 58.6 Å². The van der Waals surface area contributed by atoms with Crippen LogP contribution in [0.4, 0.5) is 0 Å². The molecule has 0 saturated carbocycles. The molecular formula is C8H7N3O. The number of nitrogens with zero attached hydrogens (tertiary/aromatic N) is 2. The number of nitrogens with one attached hydrogen (secondary N) is 1. The third-order valence-corrected chi connectivity index (χ3v) is 1.66. The molecule has 0 amide bonds. The lowest BCUT2D eigenvalue weighted by Gasteiger charge is -1.92. The number of rotatable bonds is 1. The second-order valence-electron chi connectivity index (χ2n) is 2.56. The average Bonchev–Trinajstić information content (AvgIpc) is 2.49. The Bertz CT molecular complexity index is 433. The van der Waals surface area contributed by atoms with Crippen molar-refractivity contribution in [3.8, 4) is 0 Å². The molecule has 60 valence electrons. The molecule has 0 saturated heterocycles. The van der Waals surface area contributed by atoms with Crippen molar-refractivity contribution < 1.29 is 4.79 Å². The number of hydrogen-bond donors (Lipinski definition) is 1. The lowest BCUT2D eigenvalue weighted by Crippen LogP contribution is -1.95. The van der Waals surface area contributed by atoms with Gasteiger partial charge in [0.05, 0.1) is 11.7 Å². The monoisotopic (exact) mass is 161 g/mol. The Kier molecular flexibility index (Phi) is 1.40. The van der Waals surface area contributed by atoms with Crippen LogP contribution in [0.15, 0.2) is 18.3 Å². The molecule has 2 heterocycles. The second-order valence-corrected chi connectivity index (χ2v) is 2.56. The number of Topliss-reactive ketones (excluding diaryl/α,β-unsaturated/α-hetero) is 1. The summed E-state index contributed by atoms with van der Waals surface area (Å²) in [5.41, 5.74) is 2.05. The maximum absolute atomic E-state index is 10.9. The zero-order valence-electron chi connectivity index (χ0n) is 6.53. The van der Waals surface area contributed by atoms with Gasteiger partial charge in [-0.3, -0.25) is 9.89 Å². The number of carbonyl (C=O) groups is 1. The van der Waals surface area contributed by atoms with E-state index in [-0.39, 0.29) is 5.78 Å². The van der Waals surface area contributed by atoms with Crippen LogP contribution in [0.2, 0.25) is 0 Å². The van der Waals surface area contributed by atoms with Crippen LogP contribution >= 0.6 is 0 Å². The predicted octanol–water partition coefficient (Wildman–Crippen LogP) is 1.16. The number of hydrogen-bond acceptors (Lipinski definition) is 3. The minimum absolute atomic E-state index is 0.0295. The van der Waals surface area contributed by atoms with Crippen LogP contribution in [0.3, 0.4) is 0 Å². The fourth-order valence-electron chi connectivity index (χ4n) is 1.03. The van der Waals surface area contributed by atoms with E-state index in [1.807, 2.05) is 0 Å². The van der Waals surface area contributed by atoms with Crippen molar-refractivity contribution in [1.82, 2.24) is 15.2 Å². The maximum atomic E-state index is 10.9. The quantitative estimate of drug-likeness (QED) is 0.638. The molecular weight excluding hydrogens is 154 g/mol. The van der Waals surface area contributed by atoms with Gasteiger partial charge < -0.3 is 0 Å². The molecule has 2 aromatic heterocycles. The molecule has 4 nitrogen and oxygen atoms in total. The molecule has 0 aromatic carbocycles. The summed E-state index contributed by atoms with van der Waals surface area (Å²) in [7, 11) is 0. The highest BCUT2D eigenvalue weighted by Crippen LogP contribution is 2.08. The summed E-state index contributed by atoms with van der Waals surface area (Å²) in [6.45, 7) is 1.49. The van der Waals surface area contributed by atoms with E-state index in [0.717, 1.165) is 11.0 Å². The first-order chi connectivity index (χ1) is 5.77. The van der Waals surface area contributed by atoms with Crippen molar-refractivity contribution in [3.05, 3.63) is 24.0 Å². The minimum atomic E-state index is -0.0295. The maximum Gasteiger partial charge on any atom is 0.178 e. The number of carbonyl (C=O) groups excluding carboxylic acids is 1. The first-order valence-electron chi connectivity index (χ1n) is 3.58. The third kappa shape index (κ3) is 0.972. The van der Waals surface area contributed by atoms with Crippen LogP contribution in [0.1, 0.15) is 17.4 Å². The van der Waals surface area contributed by atoms with E-state index in [1.54, 1.807) is 18.3 Å². The van der Waals surface area contributed by atoms with Crippen LogP contribution in [0.25, 0.3) is 11.0 Å². The summed E-state index contributed by atoms with van der Waals surface area (Å²) in [5, 5.41) is 6.56. The Morgan fingerprint density at radius 3 is 3.08 bits per heavy atom. The van der Waals surface area contributed by atoms with Gasteiger partial charge in [-0.2, -0.15) is 5.10 Å². The number of ketones is 1. The molecule has 0 radical (unpaired) electrons. The van der Waals surface area contributed by atoms with Gasteiger partial charge in [-0.25, -0.2) is 4.98 Å². The summed E-state index contributed by atoms with van der Waals surface area (Å²) in [6.07, 6.45) is 1.60. The van der Waals surface area contributed by atoms with E-state index in [0.29, 0.717) is 5.69 Å². The molecule has 2 aromatic rings. The van der Waals surface area contributed by atoms with Crippen LogP contribution < -0.4 is 0 Å². The van der Waals surface area contributed by atoms with Gasteiger partial charge >= 0.3 is 0 Å². The molecule has 0 unspecified atom stereocenters. The highest BCUT2D eigenvalue weighted by molar-refractivity contribution is 5.94. The molecule has 0 aliphatic heterocycles. The van der Waals surface area contributed by atoms with Crippen LogP contribution in [0, 0.1) is 0 Å². The summed E-state index contributed by atoms with van der Waals surface area (Å²) >= 11 is 0. The fraction of sp³-hybridized carbons (Fsp3) is 0.125. The molecule has 4 heteroatoms. The fourth-order valence-corrected chi connectivity index (χ4v) is 1.03. The van der Waals surface area contributed by atoms with E-state index in [2.05, 4.69) is 15.2 Å². The second kappa shape index (κ2) is 2.41. The van der Waals surface area contributed by atoms with E-state index < -0.39 is 0 Å². The molecule has 0 bridgehead atoms. The molecule has 0 aliphatic rings. The van der Waals surface area contributed by atoms with E-state index in [9.17, 15) is 4.79 Å². The van der Waals surface area contributed by atoms with Crippen LogP contribution in [-0.2, 0) is 0 Å². The van der Waals surface area contributed by atoms with Crippen molar-refractivity contribution in [3.63, 3.8) is 0 Å². The van der Waals surface area contributed by atoms with E-state index >= 15 is 0 Å². The molecule has 12 heavy (non-hydrogen) atoms. The van der Waals surface area contributed by atoms with Crippen molar-refractivity contribution in [1.29, 1.82) is 0 Å². The van der Waals surface area contributed by atoms with Crippen molar-refractivity contribution >= 4 is 16.8 Å². The van der Waals surface area contributed by atoms with Gasteiger partial charge in [0.1, 0.15) is 11.2 Å². The number of aromatic nitrogens is 3. The van der Waals surface area contributed by atoms with Gasteiger partial charge in [0.2, 0.25) is 0 Å². The molecule has 0 spiro atoms. The number of pyridine rings is 1. The smallest absolute Gasteiger partial charge is 0.178 e. The van der Waals surface area contributed by atoms with Crippen molar-refractivity contribution in [2.24, 2.45) is 0 Å². The zero-order chi connectivity index (χ0) is 8.55. The standard InChI is InChI=1S/C8H7N3O/c1-5(12)6-2-3-7-8(10-6)4-9-11-7/h2-4H,1H3,(H,9,11). The van der Waals surface area contributed by atoms with Gasteiger partial charge in [0.15, 0.2) is 5.78 Å². The molecule has 0 aliphatic carbocycles. The van der Waals surface area contributed by atoms with E-state index in [1.165, 1.54) is 6.92 Å². The summed E-state index contributed by atoms with van der Waals surface area (Å²) in [6, 6.07) is 3.48. The largest absolute Gasteiger partial charge is 0.293 e. The van der Waals surface area contributed by atoms with Crippen LogP contribution in [-0.4, -0.2) is 21.0 Å².